The molecule has 0 saturated heterocycles. The molecule has 5 nitrogen and oxygen atoms in total. The summed E-state index contributed by atoms with van der Waals surface area (Å²) in [7, 11) is 0. The first-order chi connectivity index (χ1) is 11.0. The van der Waals surface area contributed by atoms with Crippen molar-refractivity contribution in [3.8, 4) is 0 Å². The van der Waals surface area contributed by atoms with Gasteiger partial charge in [0.1, 0.15) is 22.3 Å². The normalized spacial score (nSPS) is 11.1. The Morgan fingerprint density at radius 3 is 2.87 bits per heavy atom. The Morgan fingerprint density at radius 2 is 2.22 bits per heavy atom. The quantitative estimate of drug-likeness (QED) is 0.783. The molecule has 8 heteroatoms. The lowest BCUT2D eigenvalue weighted by Gasteiger charge is -2.05. The van der Waals surface area contributed by atoms with Crippen molar-refractivity contribution in [1.29, 1.82) is 0 Å². The number of nitrogens with zero attached hydrogens (tertiary/aromatic N) is 3. The number of hydrogen-bond acceptors (Lipinski definition) is 4. The summed E-state index contributed by atoms with van der Waals surface area (Å²) >= 11 is 7.34. The van der Waals surface area contributed by atoms with Crippen LogP contribution in [0.25, 0.3) is 10.1 Å². The van der Waals surface area contributed by atoms with E-state index in [0.717, 1.165) is 5.82 Å². The molecule has 3 aromatic rings. The SMILES string of the molecule is Cc1nc(C)n(CCNC(=O)c2sc3cccc(F)c3c2Cl)n1. The molecule has 3 rings (SSSR count). The van der Waals surface area contributed by atoms with E-state index >= 15 is 0 Å². The van der Waals surface area contributed by atoms with E-state index in [4.69, 9.17) is 11.6 Å². The van der Waals surface area contributed by atoms with Crippen LogP contribution in [0.4, 0.5) is 4.39 Å². The fourth-order valence-electron chi connectivity index (χ4n) is 2.35. The maximum Gasteiger partial charge on any atom is 0.262 e. The molecule has 1 aromatic carbocycles. The van der Waals surface area contributed by atoms with Crippen molar-refractivity contribution in [2.45, 2.75) is 20.4 Å². The number of amides is 1. The van der Waals surface area contributed by atoms with Gasteiger partial charge in [0.2, 0.25) is 0 Å². The van der Waals surface area contributed by atoms with Gasteiger partial charge >= 0.3 is 0 Å². The molecule has 0 spiro atoms. The third-order valence-electron chi connectivity index (χ3n) is 3.38. The first-order valence-corrected chi connectivity index (χ1v) is 8.19. The van der Waals surface area contributed by atoms with Crippen LogP contribution in [0.2, 0.25) is 5.02 Å². The van der Waals surface area contributed by atoms with Crippen molar-refractivity contribution in [3.63, 3.8) is 0 Å². The number of aryl methyl sites for hydroxylation is 2. The fourth-order valence-corrected chi connectivity index (χ4v) is 3.82. The number of thiophene rings is 1. The van der Waals surface area contributed by atoms with Crippen LogP contribution in [0.5, 0.6) is 0 Å². The third-order valence-corrected chi connectivity index (χ3v) is 5.03. The molecule has 0 aliphatic heterocycles. The van der Waals surface area contributed by atoms with E-state index in [0.29, 0.717) is 33.9 Å². The molecule has 0 fully saturated rings. The van der Waals surface area contributed by atoms with E-state index in [-0.39, 0.29) is 10.9 Å². The molecule has 0 radical (unpaired) electrons. The van der Waals surface area contributed by atoms with Crippen LogP contribution in [0.3, 0.4) is 0 Å². The summed E-state index contributed by atoms with van der Waals surface area (Å²) in [5.41, 5.74) is 0. The lowest BCUT2D eigenvalue weighted by atomic mass is 10.2. The van der Waals surface area contributed by atoms with Gasteiger partial charge in [0.05, 0.1) is 11.6 Å². The molecule has 0 saturated carbocycles. The van der Waals surface area contributed by atoms with Gasteiger partial charge in [-0.2, -0.15) is 5.10 Å². The third kappa shape index (κ3) is 3.07. The smallest absolute Gasteiger partial charge is 0.262 e. The first-order valence-electron chi connectivity index (χ1n) is 7.00. The lowest BCUT2D eigenvalue weighted by Crippen LogP contribution is -2.27. The minimum absolute atomic E-state index is 0.161. The second-order valence-corrected chi connectivity index (χ2v) is 6.47. The number of hydrogen-bond donors (Lipinski definition) is 1. The second kappa shape index (κ2) is 6.25. The summed E-state index contributed by atoms with van der Waals surface area (Å²) in [6.45, 7) is 4.56. The van der Waals surface area contributed by atoms with Crippen LogP contribution in [-0.4, -0.2) is 27.2 Å². The average Bonchev–Trinajstić information content (AvgIpc) is 3.00. The summed E-state index contributed by atoms with van der Waals surface area (Å²) in [5, 5.41) is 7.46. The highest BCUT2D eigenvalue weighted by Crippen LogP contribution is 2.36. The van der Waals surface area contributed by atoms with Crippen molar-refractivity contribution in [1.82, 2.24) is 20.1 Å². The molecular weight excluding hydrogens is 339 g/mol. The molecule has 0 aliphatic rings. The van der Waals surface area contributed by atoms with Gasteiger partial charge in [0.15, 0.2) is 0 Å². The van der Waals surface area contributed by atoms with Crippen LogP contribution in [0.1, 0.15) is 21.3 Å². The monoisotopic (exact) mass is 352 g/mol. The maximum absolute atomic E-state index is 13.8. The van der Waals surface area contributed by atoms with Gasteiger partial charge in [-0.3, -0.25) is 4.79 Å². The fraction of sp³-hybridized carbons (Fsp3) is 0.267. The summed E-state index contributed by atoms with van der Waals surface area (Å²) in [6.07, 6.45) is 0. The van der Waals surface area contributed by atoms with E-state index in [9.17, 15) is 9.18 Å². The summed E-state index contributed by atoms with van der Waals surface area (Å²) in [6, 6.07) is 4.67. The molecule has 1 N–H and O–H groups in total. The minimum Gasteiger partial charge on any atom is -0.349 e. The minimum atomic E-state index is -0.420. The maximum atomic E-state index is 13.8. The average molecular weight is 353 g/mol. The van der Waals surface area contributed by atoms with Crippen LogP contribution in [0, 0.1) is 19.7 Å². The highest BCUT2D eigenvalue weighted by Gasteiger charge is 2.19. The molecule has 23 heavy (non-hydrogen) atoms. The number of fused-ring (bicyclic) bond motifs is 1. The highest BCUT2D eigenvalue weighted by molar-refractivity contribution is 7.21. The van der Waals surface area contributed by atoms with E-state index in [1.54, 1.807) is 16.8 Å². The Hall–Kier alpha value is -1.99. The largest absolute Gasteiger partial charge is 0.349 e. The van der Waals surface area contributed by atoms with Crippen molar-refractivity contribution in [2.75, 3.05) is 6.54 Å². The second-order valence-electron chi connectivity index (χ2n) is 5.04. The number of carbonyl (C=O) groups excluding carboxylic acids is 1. The summed E-state index contributed by atoms with van der Waals surface area (Å²) < 4.78 is 16.2. The number of benzene rings is 1. The van der Waals surface area contributed by atoms with E-state index in [1.807, 2.05) is 13.8 Å². The van der Waals surface area contributed by atoms with Gasteiger partial charge in [-0.15, -0.1) is 11.3 Å². The van der Waals surface area contributed by atoms with Gasteiger partial charge in [-0.1, -0.05) is 17.7 Å². The van der Waals surface area contributed by atoms with Crippen molar-refractivity contribution < 1.29 is 9.18 Å². The zero-order chi connectivity index (χ0) is 16.6. The van der Waals surface area contributed by atoms with Crippen LogP contribution < -0.4 is 5.32 Å². The van der Waals surface area contributed by atoms with Gasteiger partial charge < -0.3 is 5.32 Å². The van der Waals surface area contributed by atoms with Gasteiger partial charge in [-0.05, 0) is 26.0 Å². The highest BCUT2D eigenvalue weighted by atomic mass is 35.5. The molecule has 1 amide bonds. The Kier molecular flexibility index (Phi) is 4.32. The van der Waals surface area contributed by atoms with Gasteiger partial charge in [0, 0.05) is 16.6 Å². The van der Waals surface area contributed by atoms with Crippen molar-refractivity contribution in [3.05, 3.63) is 45.6 Å². The zero-order valence-corrected chi connectivity index (χ0v) is 14.1. The molecule has 0 bridgehead atoms. The van der Waals surface area contributed by atoms with Gasteiger partial charge in [-0.25, -0.2) is 14.1 Å². The molecular formula is C15H14ClFN4OS. The Morgan fingerprint density at radius 1 is 1.43 bits per heavy atom. The number of nitrogens with one attached hydrogen (secondary N) is 1. The van der Waals surface area contributed by atoms with Crippen LogP contribution in [0.15, 0.2) is 18.2 Å². The number of aromatic nitrogens is 3. The molecule has 0 unspecified atom stereocenters. The molecule has 120 valence electrons. The standard InChI is InChI=1S/C15H14ClFN4OS/c1-8-19-9(2)21(20-8)7-6-18-15(22)14-13(16)12-10(17)4-3-5-11(12)23-14/h3-5H,6-7H2,1-2H3,(H,18,22). The van der Waals surface area contributed by atoms with Crippen LogP contribution >= 0.6 is 22.9 Å². The van der Waals surface area contributed by atoms with E-state index in [1.165, 1.54) is 17.4 Å². The van der Waals surface area contributed by atoms with Crippen molar-refractivity contribution >= 4 is 38.9 Å². The molecule has 2 aromatic heterocycles. The summed E-state index contributed by atoms with van der Waals surface area (Å²) in [4.78, 5) is 16.8. The Balaban J connectivity index is 1.72. The van der Waals surface area contributed by atoms with Crippen molar-refractivity contribution in [2.24, 2.45) is 0 Å². The van der Waals surface area contributed by atoms with Crippen LogP contribution in [-0.2, 0) is 6.54 Å². The Bertz CT molecular complexity index is 889. The summed E-state index contributed by atoms with van der Waals surface area (Å²) in [5.74, 6) is 0.747. The van der Waals surface area contributed by atoms with Gasteiger partial charge in [0.25, 0.3) is 5.91 Å². The lowest BCUT2D eigenvalue weighted by molar-refractivity contribution is 0.0956. The molecule has 0 atom stereocenters. The topological polar surface area (TPSA) is 59.8 Å². The molecule has 0 aliphatic carbocycles. The number of halogens is 2. The number of rotatable bonds is 4. The predicted molar refractivity (Wildman–Crippen MR) is 88.6 cm³/mol. The Labute approximate surface area is 141 Å². The van der Waals surface area contributed by atoms with E-state index in [2.05, 4.69) is 15.4 Å². The van der Waals surface area contributed by atoms with E-state index < -0.39 is 5.82 Å². The molecule has 2 heterocycles. The number of carbonyl (C=O) groups is 1. The first kappa shape index (κ1) is 15.9. The predicted octanol–water partition coefficient (Wildman–Crippen LogP) is 3.33. The zero-order valence-electron chi connectivity index (χ0n) is 12.6.